The summed E-state index contributed by atoms with van der Waals surface area (Å²) < 4.78 is 40.8. The van der Waals surface area contributed by atoms with Crippen molar-refractivity contribution in [2.75, 3.05) is 4.72 Å². The van der Waals surface area contributed by atoms with Crippen LogP contribution in [0.15, 0.2) is 41.3 Å². The van der Waals surface area contributed by atoms with Crippen LogP contribution in [0.5, 0.6) is 0 Å². The summed E-state index contributed by atoms with van der Waals surface area (Å²) in [5.74, 6) is -0.470. The molecule has 0 unspecified atom stereocenters. The molecule has 0 aliphatic carbocycles. The maximum atomic E-state index is 13.0. The Morgan fingerprint density at radius 1 is 1.20 bits per heavy atom. The van der Waals surface area contributed by atoms with E-state index in [4.69, 9.17) is 11.6 Å². The van der Waals surface area contributed by atoms with Crippen molar-refractivity contribution in [1.82, 2.24) is 0 Å². The molecule has 7 heteroatoms. The lowest BCUT2D eigenvalue weighted by molar-refractivity contribution is 0.598. The van der Waals surface area contributed by atoms with Gasteiger partial charge in [-0.1, -0.05) is 11.6 Å². The van der Waals surface area contributed by atoms with E-state index in [0.717, 1.165) is 6.07 Å². The molecule has 2 aromatic rings. The van der Waals surface area contributed by atoms with E-state index >= 15 is 0 Å². The molecule has 20 heavy (non-hydrogen) atoms. The summed E-state index contributed by atoms with van der Waals surface area (Å²) >= 11 is 7.81. The van der Waals surface area contributed by atoms with E-state index < -0.39 is 15.8 Å². The summed E-state index contributed by atoms with van der Waals surface area (Å²) in [6.45, 7) is 1.55. The van der Waals surface area contributed by atoms with Gasteiger partial charge >= 0.3 is 0 Å². The van der Waals surface area contributed by atoms with Crippen LogP contribution in [0.2, 0.25) is 5.02 Å². The number of sulfonamides is 1. The fourth-order valence-corrected chi connectivity index (χ4v) is 4.18. The zero-order valence-electron chi connectivity index (χ0n) is 10.3. The molecule has 0 heterocycles. The molecule has 2 rings (SSSR count). The first-order valence-corrected chi connectivity index (χ1v) is 8.47. The van der Waals surface area contributed by atoms with Crippen molar-refractivity contribution in [1.29, 1.82) is 0 Å². The van der Waals surface area contributed by atoms with Gasteiger partial charge in [-0.15, -0.1) is 0 Å². The predicted molar refractivity (Wildman–Crippen MR) is 86.1 cm³/mol. The van der Waals surface area contributed by atoms with Gasteiger partial charge in [0.15, 0.2) is 0 Å². The summed E-state index contributed by atoms with van der Waals surface area (Å²) in [5.41, 5.74) is 0.778. The number of halogens is 3. The molecule has 0 saturated carbocycles. The van der Waals surface area contributed by atoms with Crippen LogP contribution in [-0.4, -0.2) is 8.42 Å². The van der Waals surface area contributed by atoms with Gasteiger partial charge in [0.2, 0.25) is 0 Å². The average molecular weight is 426 g/mol. The van der Waals surface area contributed by atoms with Gasteiger partial charge in [-0.2, -0.15) is 0 Å². The number of hydrogen-bond donors (Lipinski definition) is 1. The Balaban J connectivity index is 2.41. The van der Waals surface area contributed by atoms with E-state index in [-0.39, 0.29) is 4.90 Å². The molecule has 2 aromatic carbocycles. The molecular weight excluding hydrogens is 416 g/mol. The minimum absolute atomic E-state index is 0.0460. The van der Waals surface area contributed by atoms with E-state index in [0.29, 0.717) is 19.8 Å². The lowest BCUT2D eigenvalue weighted by Gasteiger charge is -2.12. The maximum Gasteiger partial charge on any atom is 0.262 e. The Morgan fingerprint density at radius 3 is 2.50 bits per heavy atom. The van der Waals surface area contributed by atoms with Crippen molar-refractivity contribution < 1.29 is 12.8 Å². The summed E-state index contributed by atoms with van der Waals surface area (Å²) in [4.78, 5) is 0.0460. The Morgan fingerprint density at radius 2 is 1.90 bits per heavy atom. The largest absolute Gasteiger partial charge is 0.279 e. The predicted octanol–water partition coefficient (Wildman–Crippen LogP) is 4.19. The van der Waals surface area contributed by atoms with Crippen molar-refractivity contribution in [3.63, 3.8) is 0 Å². The van der Waals surface area contributed by atoms with E-state index in [1.165, 1.54) is 12.1 Å². The highest BCUT2D eigenvalue weighted by atomic mass is 127. The number of nitrogens with one attached hydrogen (secondary N) is 1. The van der Waals surface area contributed by atoms with E-state index in [2.05, 4.69) is 4.72 Å². The van der Waals surface area contributed by atoms with Crippen LogP contribution in [-0.2, 0) is 10.0 Å². The summed E-state index contributed by atoms with van der Waals surface area (Å²) in [7, 11) is -3.76. The van der Waals surface area contributed by atoms with Crippen molar-refractivity contribution >= 4 is 49.9 Å². The molecule has 0 saturated heterocycles. The van der Waals surface area contributed by atoms with Crippen molar-refractivity contribution in [3.05, 3.63) is 56.4 Å². The minimum Gasteiger partial charge on any atom is -0.279 e. The summed E-state index contributed by atoms with van der Waals surface area (Å²) in [6.07, 6.45) is 0. The van der Waals surface area contributed by atoms with Crippen molar-refractivity contribution in [2.24, 2.45) is 0 Å². The Kier molecular flexibility index (Phi) is 4.55. The molecule has 1 N–H and O–H groups in total. The third kappa shape index (κ3) is 3.42. The van der Waals surface area contributed by atoms with Gasteiger partial charge in [0.25, 0.3) is 10.0 Å². The number of anilines is 1. The normalized spacial score (nSPS) is 11.4. The number of rotatable bonds is 3. The van der Waals surface area contributed by atoms with Crippen LogP contribution in [0, 0.1) is 16.3 Å². The second kappa shape index (κ2) is 5.87. The molecule has 106 valence electrons. The minimum atomic E-state index is -3.76. The maximum absolute atomic E-state index is 13.0. The van der Waals surface area contributed by atoms with Crippen molar-refractivity contribution in [2.45, 2.75) is 11.8 Å². The molecule has 0 fully saturated rings. The fraction of sp³-hybridized carbons (Fsp3) is 0.0769. The quantitative estimate of drug-likeness (QED) is 0.750. The first-order valence-electron chi connectivity index (χ1n) is 5.53. The van der Waals surface area contributed by atoms with Crippen LogP contribution in [0.3, 0.4) is 0 Å². The second-order valence-corrected chi connectivity index (χ2v) is 7.39. The molecule has 0 aromatic heterocycles. The van der Waals surface area contributed by atoms with Crippen LogP contribution in [0.4, 0.5) is 10.1 Å². The van der Waals surface area contributed by atoms with Crippen LogP contribution in [0.1, 0.15) is 5.56 Å². The molecule has 0 spiro atoms. The third-order valence-corrected chi connectivity index (χ3v) is 5.26. The average Bonchev–Trinajstić information content (AvgIpc) is 2.32. The lowest BCUT2D eigenvalue weighted by Crippen LogP contribution is -2.15. The first kappa shape index (κ1) is 15.5. The van der Waals surface area contributed by atoms with Crippen LogP contribution in [0.25, 0.3) is 0 Å². The molecule has 0 amide bonds. The van der Waals surface area contributed by atoms with E-state index in [1.54, 1.807) is 25.1 Å². The van der Waals surface area contributed by atoms with Crippen LogP contribution >= 0.6 is 34.2 Å². The van der Waals surface area contributed by atoms with Gasteiger partial charge in [-0.3, -0.25) is 4.72 Å². The van der Waals surface area contributed by atoms with Gasteiger partial charge in [0, 0.05) is 8.59 Å². The molecule has 0 aliphatic rings. The molecule has 3 nitrogen and oxygen atoms in total. The van der Waals surface area contributed by atoms with Crippen molar-refractivity contribution in [3.8, 4) is 0 Å². The molecule has 0 atom stereocenters. The van der Waals surface area contributed by atoms with Gasteiger partial charge in [0.1, 0.15) is 5.82 Å². The van der Waals surface area contributed by atoms with E-state index in [9.17, 15) is 12.8 Å². The summed E-state index contributed by atoms with van der Waals surface area (Å²) in [5, 5.41) is 0.523. The third-order valence-electron chi connectivity index (χ3n) is 2.60. The number of aryl methyl sites for hydroxylation is 1. The lowest BCUT2D eigenvalue weighted by atomic mass is 10.2. The van der Waals surface area contributed by atoms with Gasteiger partial charge in [-0.25, -0.2) is 12.8 Å². The molecule has 0 radical (unpaired) electrons. The van der Waals surface area contributed by atoms with Gasteiger partial charge in [-0.05, 0) is 71.5 Å². The Hall–Kier alpha value is -0.860. The highest BCUT2D eigenvalue weighted by molar-refractivity contribution is 14.1. The van der Waals surface area contributed by atoms with E-state index in [1.807, 2.05) is 22.6 Å². The second-order valence-electron chi connectivity index (χ2n) is 4.14. The standard InChI is InChI=1S/C13H10ClFINO2S/c1-8-6-10(15)3-5-13(8)20(18,19)17-12-4-2-9(14)7-11(12)16/h2-7,17H,1H3. The zero-order valence-corrected chi connectivity index (χ0v) is 14.1. The molecule has 0 aliphatic heterocycles. The molecular formula is C13H10ClFINO2S. The van der Waals surface area contributed by atoms with Gasteiger partial charge < -0.3 is 0 Å². The SMILES string of the molecule is Cc1cc(F)ccc1S(=O)(=O)Nc1ccc(Cl)cc1I. The fourth-order valence-electron chi connectivity index (χ4n) is 1.69. The number of hydrogen-bond acceptors (Lipinski definition) is 2. The highest BCUT2D eigenvalue weighted by Gasteiger charge is 2.18. The molecule has 0 bridgehead atoms. The summed E-state index contributed by atoms with van der Waals surface area (Å²) in [6, 6.07) is 8.38. The van der Waals surface area contributed by atoms with Crippen LogP contribution < -0.4 is 4.72 Å². The highest BCUT2D eigenvalue weighted by Crippen LogP contribution is 2.26. The Labute approximate surface area is 135 Å². The monoisotopic (exact) mass is 425 g/mol. The Bertz CT molecular complexity index is 765. The number of benzene rings is 2. The smallest absolute Gasteiger partial charge is 0.262 e. The zero-order chi connectivity index (χ0) is 14.9. The first-order chi connectivity index (χ1) is 9.29. The van der Waals surface area contributed by atoms with Gasteiger partial charge in [0.05, 0.1) is 10.6 Å². The topological polar surface area (TPSA) is 46.2 Å².